The fourth-order valence-electron chi connectivity index (χ4n) is 5.67. The molecule has 4 saturated carbocycles. The van der Waals surface area contributed by atoms with Gasteiger partial charge < -0.3 is 0 Å². The highest BCUT2D eigenvalue weighted by Gasteiger charge is 2.58. The molecule has 2 unspecified atom stereocenters. The van der Waals surface area contributed by atoms with Gasteiger partial charge in [-0.05, 0) is 76.3 Å². The molecule has 2 atom stereocenters. The highest BCUT2D eigenvalue weighted by molar-refractivity contribution is 9.10. The summed E-state index contributed by atoms with van der Waals surface area (Å²) in [4.78, 5) is 2.88. The fraction of sp³-hybridized carbons (Fsp3) is 1.00. The second-order valence-corrected chi connectivity index (χ2v) is 8.71. The van der Waals surface area contributed by atoms with E-state index in [4.69, 9.17) is 0 Å². The number of rotatable bonds is 1. The molecular formula is C14H23Br2N. The average Bonchev–Trinajstić information content (AvgIpc) is 2.65. The van der Waals surface area contributed by atoms with Crippen LogP contribution in [0.25, 0.3) is 0 Å². The molecule has 1 saturated heterocycles. The Morgan fingerprint density at radius 2 is 1.53 bits per heavy atom. The van der Waals surface area contributed by atoms with Crippen molar-refractivity contribution in [2.45, 2.75) is 61.2 Å². The predicted molar refractivity (Wildman–Crippen MR) is 80.2 cm³/mol. The van der Waals surface area contributed by atoms with Crippen LogP contribution in [-0.4, -0.2) is 27.9 Å². The van der Waals surface area contributed by atoms with Crippen LogP contribution in [-0.2, 0) is 0 Å². The van der Waals surface area contributed by atoms with E-state index in [2.05, 4.69) is 20.8 Å². The first-order chi connectivity index (χ1) is 7.68. The lowest BCUT2D eigenvalue weighted by atomic mass is 9.52. The molecule has 4 bridgehead atoms. The van der Waals surface area contributed by atoms with Crippen LogP contribution in [0.3, 0.4) is 0 Å². The second-order valence-electron chi connectivity index (χ2n) is 7.03. The average molecular weight is 365 g/mol. The summed E-state index contributed by atoms with van der Waals surface area (Å²) in [6.07, 6.45) is 11.9. The number of halogens is 2. The van der Waals surface area contributed by atoms with Gasteiger partial charge in [-0.25, -0.2) is 0 Å². The van der Waals surface area contributed by atoms with Gasteiger partial charge in [0, 0.05) is 9.86 Å². The number of nitrogens with zero attached hydrogens (tertiary/aromatic N) is 1. The Balaban J connectivity index is 0.000000902. The van der Waals surface area contributed by atoms with Crippen molar-refractivity contribution in [1.82, 2.24) is 4.90 Å². The minimum atomic E-state index is 0. The Kier molecular flexibility index (Phi) is 3.20. The van der Waals surface area contributed by atoms with Crippen LogP contribution in [0, 0.1) is 11.8 Å². The number of likely N-dealkylation sites (tertiary alicyclic amines) is 1. The molecule has 5 rings (SSSR count). The van der Waals surface area contributed by atoms with Gasteiger partial charge in [-0.1, -0.05) is 15.9 Å². The van der Waals surface area contributed by atoms with E-state index >= 15 is 0 Å². The highest BCUT2D eigenvalue weighted by atomic mass is 79.9. The van der Waals surface area contributed by atoms with Crippen molar-refractivity contribution in [3.05, 3.63) is 0 Å². The molecule has 0 aromatic carbocycles. The Morgan fingerprint density at radius 1 is 0.941 bits per heavy atom. The van der Waals surface area contributed by atoms with Gasteiger partial charge in [-0.3, -0.25) is 4.90 Å². The maximum Gasteiger partial charge on any atom is 0.0280 e. The molecule has 0 aromatic rings. The van der Waals surface area contributed by atoms with Crippen molar-refractivity contribution in [2.75, 3.05) is 13.1 Å². The zero-order valence-corrected chi connectivity index (χ0v) is 13.8. The maximum atomic E-state index is 4.11. The van der Waals surface area contributed by atoms with E-state index in [1.54, 1.807) is 6.42 Å². The largest absolute Gasteiger partial charge is 0.298 e. The minimum absolute atomic E-state index is 0. The first kappa shape index (κ1) is 12.9. The summed E-state index contributed by atoms with van der Waals surface area (Å²) in [6.45, 7) is 2.78. The molecule has 1 heterocycles. The summed E-state index contributed by atoms with van der Waals surface area (Å²) in [5.41, 5.74) is 0.629. The highest BCUT2D eigenvalue weighted by Crippen LogP contribution is 2.62. The van der Waals surface area contributed by atoms with Gasteiger partial charge in [0.15, 0.2) is 0 Å². The number of hydrogen-bond donors (Lipinski definition) is 0. The fourth-order valence-corrected chi connectivity index (χ4v) is 7.10. The first-order valence-corrected chi connectivity index (χ1v) is 7.91. The second kappa shape index (κ2) is 4.21. The number of alkyl halides is 1. The zero-order chi connectivity index (χ0) is 10.8. The Labute approximate surface area is 124 Å². The van der Waals surface area contributed by atoms with Crippen LogP contribution >= 0.6 is 32.9 Å². The van der Waals surface area contributed by atoms with E-state index in [0.717, 1.165) is 11.8 Å². The third-order valence-electron chi connectivity index (χ3n) is 5.74. The maximum absolute atomic E-state index is 4.11. The van der Waals surface area contributed by atoms with Gasteiger partial charge >= 0.3 is 0 Å². The van der Waals surface area contributed by atoms with Crippen LogP contribution in [0.15, 0.2) is 0 Å². The van der Waals surface area contributed by atoms with Gasteiger partial charge in [0.25, 0.3) is 0 Å². The summed E-state index contributed by atoms with van der Waals surface area (Å²) >= 11 is 4.11. The lowest BCUT2D eigenvalue weighted by Gasteiger charge is -2.63. The topological polar surface area (TPSA) is 3.24 Å². The molecule has 4 aliphatic carbocycles. The lowest BCUT2D eigenvalue weighted by molar-refractivity contribution is -0.0662. The molecule has 0 aromatic heterocycles. The monoisotopic (exact) mass is 363 g/mol. The van der Waals surface area contributed by atoms with E-state index in [0.29, 0.717) is 9.86 Å². The Bertz CT molecular complexity index is 297. The van der Waals surface area contributed by atoms with Crippen molar-refractivity contribution >= 4 is 32.9 Å². The standard InChI is InChI=1S/C14H22BrN.BrH/c15-13-6-11-5-12(7-13)9-14(8-11,10-13)16-3-1-2-4-16;/h11-12H,1-10H2;1H. The summed E-state index contributed by atoms with van der Waals surface area (Å²) in [6, 6.07) is 0. The third-order valence-corrected chi connectivity index (χ3v) is 6.66. The normalized spacial score (nSPS) is 52.8. The predicted octanol–water partition coefficient (Wildman–Crippen LogP) is 4.15. The Hall–Kier alpha value is 0.920. The Morgan fingerprint density at radius 3 is 2.06 bits per heavy atom. The molecule has 3 heteroatoms. The molecule has 1 nitrogen and oxygen atoms in total. The molecule has 0 amide bonds. The molecule has 0 radical (unpaired) electrons. The van der Waals surface area contributed by atoms with E-state index < -0.39 is 0 Å². The van der Waals surface area contributed by atoms with Crippen LogP contribution < -0.4 is 0 Å². The third kappa shape index (κ3) is 1.95. The summed E-state index contributed by atoms with van der Waals surface area (Å²) < 4.78 is 0.541. The molecular weight excluding hydrogens is 342 g/mol. The first-order valence-electron chi connectivity index (χ1n) is 7.12. The van der Waals surface area contributed by atoms with Gasteiger partial charge in [-0.2, -0.15) is 0 Å². The van der Waals surface area contributed by atoms with Crippen LogP contribution in [0.1, 0.15) is 51.4 Å². The SMILES string of the molecule is Br.BrC12CC3CC(C1)CC(N1CCCC1)(C3)C2. The van der Waals surface area contributed by atoms with Gasteiger partial charge in [-0.15, -0.1) is 17.0 Å². The molecule has 5 fully saturated rings. The quantitative estimate of drug-likeness (QED) is 0.632. The van der Waals surface area contributed by atoms with Crippen LogP contribution in [0.2, 0.25) is 0 Å². The molecule has 1 aliphatic heterocycles. The van der Waals surface area contributed by atoms with Crippen molar-refractivity contribution in [1.29, 1.82) is 0 Å². The summed E-state index contributed by atoms with van der Waals surface area (Å²) in [7, 11) is 0. The van der Waals surface area contributed by atoms with Gasteiger partial charge in [0.1, 0.15) is 0 Å². The van der Waals surface area contributed by atoms with E-state index in [9.17, 15) is 0 Å². The zero-order valence-electron chi connectivity index (χ0n) is 10.5. The van der Waals surface area contributed by atoms with E-state index in [-0.39, 0.29) is 17.0 Å². The molecule has 17 heavy (non-hydrogen) atoms. The van der Waals surface area contributed by atoms with Gasteiger partial charge in [0.05, 0.1) is 0 Å². The molecule has 98 valence electrons. The van der Waals surface area contributed by atoms with E-state index in [1.165, 1.54) is 58.0 Å². The molecule has 0 spiro atoms. The van der Waals surface area contributed by atoms with Crippen molar-refractivity contribution in [3.8, 4) is 0 Å². The smallest absolute Gasteiger partial charge is 0.0280 e. The molecule has 0 N–H and O–H groups in total. The van der Waals surface area contributed by atoms with E-state index in [1.807, 2.05) is 0 Å². The van der Waals surface area contributed by atoms with Crippen molar-refractivity contribution < 1.29 is 0 Å². The minimum Gasteiger partial charge on any atom is -0.298 e. The summed E-state index contributed by atoms with van der Waals surface area (Å²) in [5, 5.41) is 0. The lowest BCUT2D eigenvalue weighted by Crippen LogP contribution is -2.63. The van der Waals surface area contributed by atoms with Crippen molar-refractivity contribution in [2.24, 2.45) is 11.8 Å². The number of hydrogen-bond acceptors (Lipinski definition) is 1. The molecule has 5 aliphatic rings. The van der Waals surface area contributed by atoms with Crippen molar-refractivity contribution in [3.63, 3.8) is 0 Å². The van der Waals surface area contributed by atoms with Crippen LogP contribution in [0.5, 0.6) is 0 Å². The summed E-state index contributed by atoms with van der Waals surface area (Å²) in [5.74, 6) is 2.09. The van der Waals surface area contributed by atoms with Gasteiger partial charge in [0.2, 0.25) is 0 Å². The van der Waals surface area contributed by atoms with Crippen LogP contribution in [0.4, 0.5) is 0 Å².